The van der Waals surface area contributed by atoms with E-state index < -0.39 is 5.67 Å². The summed E-state index contributed by atoms with van der Waals surface area (Å²) in [7, 11) is 0. The highest BCUT2D eigenvalue weighted by molar-refractivity contribution is 5.20. The minimum Gasteiger partial charge on any atom is -0.244 e. The highest BCUT2D eigenvalue weighted by Gasteiger charge is 2.70. The van der Waals surface area contributed by atoms with Crippen LogP contribution in [-0.2, 0) is 0 Å². The van der Waals surface area contributed by atoms with Crippen LogP contribution in [0.5, 0.6) is 0 Å². The Labute approximate surface area is 68.2 Å². The van der Waals surface area contributed by atoms with Crippen LogP contribution in [0.2, 0.25) is 0 Å². The zero-order chi connectivity index (χ0) is 8.28. The highest BCUT2D eigenvalue weighted by atomic mass is 19.1. The molecule has 2 rings (SSSR count). The summed E-state index contributed by atoms with van der Waals surface area (Å²) in [6, 6.07) is 0. The van der Waals surface area contributed by atoms with Gasteiger partial charge in [-0.3, -0.25) is 0 Å². The maximum absolute atomic E-state index is 13.3. The zero-order valence-electron chi connectivity index (χ0n) is 7.65. The molecular weight excluding hydrogens is 139 g/mol. The van der Waals surface area contributed by atoms with Crippen LogP contribution < -0.4 is 0 Å². The van der Waals surface area contributed by atoms with Gasteiger partial charge in [-0.15, -0.1) is 0 Å². The number of halogens is 1. The lowest BCUT2D eigenvalue weighted by Crippen LogP contribution is -2.33. The molecule has 0 saturated heterocycles. The normalized spacial score (nSPS) is 54.8. The molecule has 2 saturated carbocycles. The number of alkyl halides is 1. The Morgan fingerprint density at radius 1 is 1.36 bits per heavy atom. The zero-order valence-corrected chi connectivity index (χ0v) is 7.65. The van der Waals surface area contributed by atoms with Gasteiger partial charge in [-0.2, -0.15) is 0 Å². The van der Waals surface area contributed by atoms with E-state index in [0.29, 0.717) is 0 Å². The van der Waals surface area contributed by atoms with E-state index in [1.54, 1.807) is 6.92 Å². The van der Waals surface area contributed by atoms with Gasteiger partial charge in [0.05, 0.1) is 0 Å². The summed E-state index contributed by atoms with van der Waals surface area (Å²) in [6.07, 6.45) is 3.14. The summed E-state index contributed by atoms with van der Waals surface area (Å²) in [5, 5.41) is 0. The Bertz CT molecular complexity index is 175. The molecule has 1 heteroatoms. The molecule has 0 heterocycles. The molecule has 0 radical (unpaired) electrons. The van der Waals surface area contributed by atoms with Crippen molar-refractivity contribution in [2.45, 2.75) is 45.7 Å². The average Bonchev–Trinajstić information content (AvgIpc) is 2.29. The van der Waals surface area contributed by atoms with Crippen molar-refractivity contribution in [3.8, 4) is 0 Å². The predicted octanol–water partition coefficient (Wildman–Crippen LogP) is 3.17. The maximum Gasteiger partial charge on any atom is 0.114 e. The fraction of sp³-hybridized carbons (Fsp3) is 1.00. The molecule has 1 unspecified atom stereocenters. The van der Waals surface area contributed by atoms with Crippen LogP contribution >= 0.6 is 0 Å². The first-order chi connectivity index (χ1) is 4.97. The molecule has 2 aliphatic carbocycles. The van der Waals surface area contributed by atoms with Crippen molar-refractivity contribution >= 4 is 0 Å². The molecule has 0 aromatic heterocycles. The Morgan fingerprint density at radius 2 is 1.82 bits per heavy atom. The molecular formula is C10H17F. The van der Waals surface area contributed by atoms with Crippen molar-refractivity contribution in [2.24, 2.45) is 17.3 Å². The van der Waals surface area contributed by atoms with Crippen LogP contribution in [0.25, 0.3) is 0 Å². The molecule has 1 atom stereocenters. The van der Waals surface area contributed by atoms with E-state index in [1.807, 2.05) is 0 Å². The Balaban J connectivity index is 1.90. The topological polar surface area (TPSA) is 0 Å². The van der Waals surface area contributed by atoms with E-state index in [9.17, 15) is 4.39 Å². The Morgan fingerprint density at radius 3 is 2.09 bits per heavy atom. The van der Waals surface area contributed by atoms with Crippen molar-refractivity contribution in [1.82, 2.24) is 0 Å². The third-order valence-electron chi connectivity index (χ3n) is 3.90. The number of rotatable bonds is 1. The molecule has 11 heavy (non-hydrogen) atoms. The van der Waals surface area contributed by atoms with Gasteiger partial charge in [0.2, 0.25) is 0 Å². The monoisotopic (exact) mass is 156 g/mol. The van der Waals surface area contributed by atoms with Gasteiger partial charge in [0.15, 0.2) is 0 Å². The van der Waals surface area contributed by atoms with Gasteiger partial charge in [-0.25, -0.2) is 4.39 Å². The molecule has 64 valence electrons. The smallest absolute Gasteiger partial charge is 0.114 e. The number of hydrogen-bond donors (Lipinski definition) is 0. The van der Waals surface area contributed by atoms with E-state index in [2.05, 4.69) is 13.8 Å². The largest absolute Gasteiger partial charge is 0.244 e. The van der Waals surface area contributed by atoms with Crippen molar-refractivity contribution in [3.05, 3.63) is 0 Å². The van der Waals surface area contributed by atoms with Crippen molar-refractivity contribution in [2.75, 3.05) is 0 Å². The van der Waals surface area contributed by atoms with Gasteiger partial charge in [0.25, 0.3) is 0 Å². The summed E-state index contributed by atoms with van der Waals surface area (Å²) in [5.74, 6) is 1.57. The average molecular weight is 156 g/mol. The fourth-order valence-corrected chi connectivity index (χ4v) is 2.58. The second kappa shape index (κ2) is 1.81. The first-order valence-electron chi connectivity index (χ1n) is 4.66. The summed E-state index contributed by atoms with van der Waals surface area (Å²) in [4.78, 5) is 0. The van der Waals surface area contributed by atoms with Crippen molar-refractivity contribution in [1.29, 1.82) is 0 Å². The van der Waals surface area contributed by atoms with Crippen molar-refractivity contribution in [3.63, 3.8) is 0 Å². The standard InChI is InChI=1S/C10H17F/c1-7(2)8-4-10(5-8)6-9(10,3)11/h7-8H,4-6H2,1-3H3/t8-,9?,10+. The lowest BCUT2D eigenvalue weighted by molar-refractivity contribution is 0.0660. The van der Waals surface area contributed by atoms with Crippen LogP contribution in [0, 0.1) is 17.3 Å². The SMILES string of the molecule is CC(C)[C@H]1C[C@]2(CC2(C)F)C1. The summed E-state index contributed by atoms with van der Waals surface area (Å²) in [5.41, 5.74) is -0.639. The van der Waals surface area contributed by atoms with Crippen molar-refractivity contribution < 1.29 is 4.39 Å². The fourth-order valence-electron chi connectivity index (χ4n) is 2.58. The van der Waals surface area contributed by atoms with Crippen LogP contribution in [0.15, 0.2) is 0 Å². The molecule has 0 aromatic rings. The lowest BCUT2D eigenvalue weighted by atomic mass is 9.65. The second-order valence-electron chi connectivity index (χ2n) is 5.07. The number of hydrogen-bond acceptors (Lipinski definition) is 0. The van der Waals surface area contributed by atoms with Gasteiger partial charge >= 0.3 is 0 Å². The van der Waals surface area contributed by atoms with Gasteiger partial charge in [0.1, 0.15) is 5.67 Å². The van der Waals surface area contributed by atoms with E-state index in [-0.39, 0.29) is 5.41 Å². The molecule has 0 aromatic carbocycles. The van der Waals surface area contributed by atoms with Gasteiger partial charge in [-0.1, -0.05) is 13.8 Å². The maximum atomic E-state index is 13.3. The first-order valence-corrected chi connectivity index (χ1v) is 4.66. The van der Waals surface area contributed by atoms with E-state index in [4.69, 9.17) is 0 Å². The minimum absolute atomic E-state index is 0.155. The van der Waals surface area contributed by atoms with Gasteiger partial charge in [-0.05, 0) is 38.0 Å². The molecule has 1 spiro atoms. The lowest BCUT2D eigenvalue weighted by Gasteiger charge is -2.40. The molecule has 2 fully saturated rings. The summed E-state index contributed by atoms with van der Waals surface area (Å²) in [6.45, 7) is 6.26. The quantitative estimate of drug-likeness (QED) is 0.547. The van der Waals surface area contributed by atoms with Crippen LogP contribution in [0.4, 0.5) is 4.39 Å². The second-order valence-corrected chi connectivity index (χ2v) is 5.07. The molecule has 2 aliphatic rings. The van der Waals surface area contributed by atoms with E-state index in [0.717, 1.165) is 31.1 Å². The minimum atomic E-state index is -0.793. The highest BCUT2D eigenvalue weighted by Crippen LogP contribution is 2.72. The molecule has 0 nitrogen and oxygen atoms in total. The molecule has 0 aliphatic heterocycles. The van der Waals surface area contributed by atoms with Crippen LogP contribution in [-0.4, -0.2) is 5.67 Å². The van der Waals surface area contributed by atoms with E-state index >= 15 is 0 Å². The van der Waals surface area contributed by atoms with Gasteiger partial charge in [0, 0.05) is 5.41 Å². The van der Waals surface area contributed by atoms with Gasteiger partial charge < -0.3 is 0 Å². The third kappa shape index (κ3) is 0.861. The Hall–Kier alpha value is -0.0700. The summed E-state index contributed by atoms with van der Waals surface area (Å²) >= 11 is 0. The molecule has 0 amide bonds. The van der Waals surface area contributed by atoms with E-state index in [1.165, 1.54) is 0 Å². The van der Waals surface area contributed by atoms with Crippen LogP contribution in [0.3, 0.4) is 0 Å². The third-order valence-corrected chi connectivity index (χ3v) is 3.90. The molecule has 0 N–H and O–H groups in total. The Kier molecular flexibility index (Phi) is 1.24. The first kappa shape index (κ1) is 7.57. The predicted molar refractivity (Wildman–Crippen MR) is 44.1 cm³/mol. The molecule has 0 bridgehead atoms. The van der Waals surface area contributed by atoms with Crippen LogP contribution in [0.1, 0.15) is 40.0 Å². The summed E-state index contributed by atoms with van der Waals surface area (Å²) < 4.78 is 13.3.